The minimum atomic E-state index is -0.581. The standard InChI is InChI=1S/C26H22ClN3O3/c1-3-17-8-14-20(15-9-17)30-25(32)22(27)23(26(30)33)28-19-12-10-18(11-13-19)24(31)29-21-7-5-4-6-16(21)2/h4-15,28H,3H2,1-2H3,(H,29,31). The second kappa shape index (κ2) is 9.30. The van der Waals surface area contributed by atoms with E-state index in [1.807, 2.05) is 50.2 Å². The SMILES string of the molecule is CCc1ccc(N2C(=O)C(Cl)=C(Nc3ccc(C(=O)Nc4ccccc4C)cc3)C2=O)cc1. The summed E-state index contributed by atoms with van der Waals surface area (Å²) in [5.74, 6) is -1.36. The van der Waals surface area contributed by atoms with Crippen molar-refractivity contribution in [1.29, 1.82) is 0 Å². The number of hydrogen-bond donors (Lipinski definition) is 2. The lowest BCUT2D eigenvalue weighted by Crippen LogP contribution is -2.32. The van der Waals surface area contributed by atoms with Crippen molar-refractivity contribution in [3.05, 3.63) is 100 Å². The Morgan fingerprint density at radius 3 is 2.21 bits per heavy atom. The molecular weight excluding hydrogens is 438 g/mol. The normalized spacial score (nSPS) is 13.5. The molecule has 0 aliphatic carbocycles. The van der Waals surface area contributed by atoms with Crippen molar-refractivity contribution in [2.24, 2.45) is 0 Å². The first-order valence-corrected chi connectivity index (χ1v) is 10.9. The van der Waals surface area contributed by atoms with E-state index in [4.69, 9.17) is 11.6 Å². The molecule has 0 radical (unpaired) electrons. The molecule has 0 unspecified atom stereocenters. The zero-order valence-corrected chi connectivity index (χ0v) is 18.9. The van der Waals surface area contributed by atoms with Gasteiger partial charge in [-0.2, -0.15) is 0 Å². The summed E-state index contributed by atoms with van der Waals surface area (Å²) in [6.07, 6.45) is 0.854. The molecule has 2 N–H and O–H groups in total. The van der Waals surface area contributed by atoms with Crippen LogP contribution in [0.5, 0.6) is 0 Å². The lowest BCUT2D eigenvalue weighted by Gasteiger charge is -2.15. The Labute approximate surface area is 196 Å². The molecule has 3 aromatic rings. The third kappa shape index (κ3) is 4.52. The maximum absolute atomic E-state index is 12.9. The molecular formula is C26H22ClN3O3. The van der Waals surface area contributed by atoms with Gasteiger partial charge in [0, 0.05) is 16.9 Å². The highest BCUT2D eigenvalue weighted by atomic mass is 35.5. The van der Waals surface area contributed by atoms with Crippen LogP contribution in [-0.2, 0) is 16.0 Å². The van der Waals surface area contributed by atoms with Crippen LogP contribution in [0.3, 0.4) is 0 Å². The van der Waals surface area contributed by atoms with Crippen LogP contribution in [0, 0.1) is 6.92 Å². The Kier molecular flexibility index (Phi) is 6.29. The molecule has 0 bridgehead atoms. The Bertz CT molecular complexity index is 1260. The van der Waals surface area contributed by atoms with Crippen molar-refractivity contribution in [2.45, 2.75) is 20.3 Å². The van der Waals surface area contributed by atoms with Gasteiger partial charge in [-0.15, -0.1) is 0 Å². The number of carbonyl (C=O) groups is 3. The van der Waals surface area contributed by atoms with E-state index in [0.717, 1.165) is 28.1 Å². The molecule has 0 spiro atoms. The number of para-hydroxylation sites is 1. The summed E-state index contributed by atoms with van der Waals surface area (Å²) in [4.78, 5) is 39.2. The number of anilines is 3. The van der Waals surface area contributed by atoms with E-state index in [1.165, 1.54) is 0 Å². The van der Waals surface area contributed by atoms with Gasteiger partial charge in [-0.1, -0.05) is 48.9 Å². The molecule has 1 heterocycles. The van der Waals surface area contributed by atoms with Gasteiger partial charge in [0.2, 0.25) is 0 Å². The average molecular weight is 460 g/mol. The Morgan fingerprint density at radius 1 is 0.909 bits per heavy atom. The summed E-state index contributed by atoms with van der Waals surface area (Å²) >= 11 is 6.20. The van der Waals surface area contributed by atoms with Crippen LogP contribution in [0.15, 0.2) is 83.5 Å². The van der Waals surface area contributed by atoms with Gasteiger partial charge in [0.05, 0.1) is 5.69 Å². The molecule has 0 saturated heterocycles. The molecule has 166 valence electrons. The second-order valence-electron chi connectivity index (χ2n) is 7.63. The molecule has 3 amide bonds. The van der Waals surface area contributed by atoms with Crippen molar-refractivity contribution in [1.82, 2.24) is 0 Å². The van der Waals surface area contributed by atoms with E-state index in [1.54, 1.807) is 36.4 Å². The van der Waals surface area contributed by atoms with Crippen molar-refractivity contribution >= 4 is 46.4 Å². The predicted molar refractivity (Wildman–Crippen MR) is 130 cm³/mol. The summed E-state index contributed by atoms with van der Waals surface area (Å²) in [5, 5.41) is 5.62. The first-order chi connectivity index (χ1) is 15.9. The van der Waals surface area contributed by atoms with E-state index in [2.05, 4.69) is 10.6 Å². The highest BCUT2D eigenvalue weighted by Gasteiger charge is 2.38. The topological polar surface area (TPSA) is 78.5 Å². The van der Waals surface area contributed by atoms with Crippen LogP contribution in [0.1, 0.15) is 28.4 Å². The first kappa shape index (κ1) is 22.3. The number of nitrogens with zero attached hydrogens (tertiary/aromatic N) is 1. The summed E-state index contributed by atoms with van der Waals surface area (Å²) in [7, 11) is 0. The highest BCUT2D eigenvalue weighted by Crippen LogP contribution is 2.30. The monoisotopic (exact) mass is 459 g/mol. The number of hydrogen-bond acceptors (Lipinski definition) is 4. The quantitative estimate of drug-likeness (QED) is 0.494. The van der Waals surface area contributed by atoms with Crippen molar-refractivity contribution < 1.29 is 14.4 Å². The van der Waals surface area contributed by atoms with Gasteiger partial charge in [0.1, 0.15) is 10.7 Å². The van der Waals surface area contributed by atoms with Crippen molar-refractivity contribution in [3.63, 3.8) is 0 Å². The van der Waals surface area contributed by atoms with Gasteiger partial charge in [-0.05, 0) is 66.9 Å². The highest BCUT2D eigenvalue weighted by molar-refractivity contribution is 6.53. The number of imide groups is 1. The first-order valence-electron chi connectivity index (χ1n) is 10.5. The second-order valence-corrected chi connectivity index (χ2v) is 8.00. The zero-order valence-electron chi connectivity index (χ0n) is 18.2. The van der Waals surface area contributed by atoms with Gasteiger partial charge in [0.25, 0.3) is 17.7 Å². The van der Waals surface area contributed by atoms with Crippen molar-refractivity contribution in [3.8, 4) is 0 Å². The van der Waals surface area contributed by atoms with Gasteiger partial charge in [0.15, 0.2) is 0 Å². The zero-order chi connectivity index (χ0) is 23.5. The van der Waals surface area contributed by atoms with Crippen LogP contribution < -0.4 is 15.5 Å². The average Bonchev–Trinajstić information content (AvgIpc) is 3.04. The number of rotatable bonds is 6. The predicted octanol–water partition coefficient (Wildman–Crippen LogP) is 5.25. The third-order valence-corrected chi connectivity index (χ3v) is 5.79. The number of amides is 3. The van der Waals surface area contributed by atoms with Gasteiger partial charge < -0.3 is 10.6 Å². The Balaban J connectivity index is 1.48. The largest absolute Gasteiger partial charge is 0.350 e. The van der Waals surface area contributed by atoms with E-state index in [0.29, 0.717) is 16.9 Å². The van der Waals surface area contributed by atoms with E-state index >= 15 is 0 Å². The van der Waals surface area contributed by atoms with E-state index in [-0.39, 0.29) is 16.6 Å². The van der Waals surface area contributed by atoms with Crippen LogP contribution >= 0.6 is 11.6 Å². The summed E-state index contributed by atoms with van der Waals surface area (Å²) in [5.41, 5.74) is 4.24. The van der Waals surface area contributed by atoms with Crippen LogP contribution in [0.25, 0.3) is 0 Å². The van der Waals surface area contributed by atoms with Crippen LogP contribution in [-0.4, -0.2) is 17.7 Å². The van der Waals surface area contributed by atoms with Crippen molar-refractivity contribution in [2.75, 3.05) is 15.5 Å². The molecule has 1 aliphatic heterocycles. The fourth-order valence-electron chi connectivity index (χ4n) is 3.48. The molecule has 7 heteroatoms. The summed E-state index contributed by atoms with van der Waals surface area (Å²) < 4.78 is 0. The van der Waals surface area contributed by atoms with Gasteiger partial charge in [-0.3, -0.25) is 14.4 Å². The summed E-state index contributed by atoms with van der Waals surface area (Å²) in [6, 6.07) is 21.3. The molecule has 0 saturated carbocycles. The lowest BCUT2D eigenvalue weighted by atomic mass is 10.1. The van der Waals surface area contributed by atoms with Gasteiger partial charge in [-0.25, -0.2) is 4.90 Å². The molecule has 3 aromatic carbocycles. The van der Waals surface area contributed by atoms with E-state index in [9.17, 15) is 14.4 Å². The fraction of sp³-hybridized carbons (Fsp3) is 0.115. The molecule has 0 aromatic heterocycles. The minimum Gasteiger partial charge on any atom is -0.350 e. The van der Waals surface area contributed by atoms with Gasteiger partial charge >= 0.3 is 0 Å². The third-order valence-electron chi connectivity index (χ3n) is 5.44. The fourth-order valence-corrected chi connectivity index (χ4v) is 3.70. The molecule has 1 aliphatic rings. The number of aryl methyl sites for hydroxylation is 2. The Morgan fingerprint density at radius 2 is 1.58 bits per heavy atom. The molecule has 0 atom stereocenters. The molecule has 0 fully saturated rings. The number of nitrogens with one attached hydrogen (secondary N) is 2. The number of benzene rings is 3. The smallest absolute Gasteiger partial charge is 0.283 e. The molecule has 4 rings (SSSR count). The molecule has 33 heavy (non-hydrogen) atoms. The van der Waals surface area contributed by atoms with Crippen LogP contribution in [0.2, 0.25) is 0 Å². The molecule has 6 nitrogen and oxygen atoms in total. The Hall–Kier alpha value is -3.90. The maximum atomic E-state index is 12.9. The lowest BCUT2D eigenvalue weighted by molar-refractivity contribution is -0.120. The van der Waals surface area contributed by atoms with E-state index < -0.39 is 11.8 Å². The number of halogens is 1. The summed E-state index contributed by atoms with van der Waals surface area (Å²) in [6.45, 7) is 3.95. The maximum Gasteiger partial charge on any atom is 0.283 e. The van der Waals surface area contributed by atoms with Crippen LogP contribution in [0.4, 0.5) is 17.1 Å². The minimum absolute atomic E-state index is 0.00153. The number of carbonyl (C=O) groups excluding carboxylic acids is 3.